The fraction of sp³-hybridized carbons (Fsp3) is 0.0588. The first-order valence-corrected chi connectivity index (χ1v) is 7.83. The van der Waals surface area contributed by atoms with Gasteiger partial charge in [-0.2, -0.15) is 0 Å². The lowest BCUT2D eigenvalue weighted by atomic mass is 10.0. The Balaban J connectivity index is 1.87. The van der Waals surface area contributed by atoms with Crippen molar-refractivity contribution in [3.63, 3.8) is 0 Å². The summed E-state index contributed by atoms with van der Waals surface area (Å²) in [6, 6.07) is 8.77. The Morgan fingerprint density at radius 1 is 1.22 bits per heavy atom. The molecule has 23 heavy (non-hydrogen) atoms. The Morgan fingerprint density at radius 3 is 2.70 bits per heavy atom. The van der Waals surface area contributed by atoms with E-state index in [2.05, 4.69) is 31.5 Å². The van der Waals surface area contributed by atoms with Crippen LogP contribution in [0.5, 0.6) is 0 Å². The van der Waals surface area contributed by atoms with Gasteiger partial charge in [0.2, 0.25) is 0 Å². The quantitative estimate of drug-likeness (QED) is 0.776. The van der Waals surface area contributed by atoms with E-state index in [9.17, 15) is 9.59 Å². The molecule has 116 valence electrons. The zero-order chi connectivity index (χ0) is 16.2. The molecular weight excluding hydrogens is 358 g/mol. The van der Waals surface area contributed by atoms with E-state index in [1.54, 1.807) is 24.4 Å². The first-order chi connectivity index (χ1) is 11.1. The summed E-state index contributed by atoms with van der Waals surface area (Å²) in [6.45, 7) is 0.714. The number of H-pyrrole nitrogens is 1. The number of aromatic nitrogens is 1. The largest absolute Gasteiger partial charge is 0.387 e. The van der Waals surface area contributed by atoms with Crippen LogP contribution in [-0.4, -0.2) is 17.4 Å². The van der Waals surface area contributed by atoms with E-state index < -0.39 is 11.5 Å². The number of anilines is 1. The van der Waals surface area contributed by atoms with Gasteiger partial charge in [0.25, 0.3) is 11.5 Å². The predicted molar refractivity (Wildman–Crippen MR) is 94.3 cm³/mol. The van der Waals surface area contributed by atoms with E-state index >= 15 is 0 Å². The van der Waals surface area contributed by atoms with Crippen molar-refractivity contribution < 1.29 is 4.79 Å². The maximum Gasteiger partial charge on any atom is 0.261 e. The smallest absolute Gasteiger partial charge is 0.261 e. The topological polar surface area (TPSA) is 74.0 Å². The normalized spacial score (nSPS) is 13.2. The Kier molecular flexibility index (Phi) is 4.43. The molecule has 0 saturated carbocycles. The van der Waals surface area contributed by atoms with Crippen LogP contribution in [0.4, 0.5) is 5.69 Å². The van der Waals surface area contributed by atoms with Crippen LogP contribution in [0.15, 0.2) is 64.1 Å². The molecule has 2 aromatic rings. The molecule has 5 nitrogen and oxygen atoms in total. The maximum atomic E-state index is 12.4. The van der Waals surface area contributed by atoms with Crippen molar-refractivity contribution in [2.45, 2.75) is 0 Å². The Bertz CT molecular complexity index is 851. The zero-order valence-electron chi connectivity index (χ0n) is 12.1. The highest BCUT2D eigenvalue weighted by Crippen LogP contribution is 2.18. The fourth-order valence-corrected chi connectivity index (χ4v) is 2.48. The molecule has 0 bridgehead atoms. The molecule has 0 aliphatic carbocycles. The third-order valence-electron chi connectivity index (χ3n) is 3.40. The van der Waals surface area contributed by atoms with Crippen LogP contribution >= 0.6 is 15.9 Å². The van der Waals surface area contributed by atoms with Gasteiger partial charge in [-0.3, -0.25) is 9.59 Å². The van der Waals surface area contributed by atoms with Crippen molar-refractivity contribution in [1.82, 2.24) is 10.3 Å². The molecule has 3 N–H and O–H groups in total. The summed E-state index contributed by atoms with van der Waals surface area (Å²) in [6.07, 6.45) is 7.33. The molecule has 1 aromatic carbocycles. The zero-order valence-corrected chi connectivity index (χ0v) is 13.7. The fourth-order valence-electron chi connectivity index (χ4n) is 2.22. The summed E-state index contributed by atoms with van der Waals surface area (Å²) in [5.74, 6) is -0.436. The second-order valence-electron chi connectivity index (χ2n) is 4.99. The van der Waals surface area contributed by atoms with E-state index in [0.29, 0.717) is 12.2 Å². The molecule has 1 aliphatic rings. The van der Waals surface area contributed by atoms with Crippen molar-refractivity contribution in [1.29, 1.82) is 0 Å². The monoisotopic (exact) mass is 371 g/mol. The van der Waals surface area contributed by atoms with E-state index in [1.165, 1.54) is 0 Å². The lowest BCUT2D eigenvalue weighted by molar-refractivity contribution is 0.102. The van der Waals surface area contributed by atoms with Gasteiger partial charge in [-0.05, 0) is 53.7 Å². The van der Waals surface area contributed by atoms with E-state index in [-0.39, 0.29) is 5.56 Å². The minimum atomic E-state index is -0.436. The maximum absolute atomic E-state index is 12.4. The number of carbonyl (C=O) groups is 1. The number of amides is 1. The van der Waals surface area contributed by atoms with E-state index in [1.807, 2.05) is 30.5 Å². The standard InChI is InChI=1S/C17H14BrN3O2/c18-13-1-3-14(4-2-13)21-17(23)15-9-12(10-20-16(15)22)11-5-7-19-8-6-11/h1-7,9-10,19H,8H2,(H,20,22)(H,21,23). The second kappa shape index (κ2) is 6.66. The number of aromatic amines is 1. The van der Waals surface area contributed by atoms with Crippen molar-refractivity contribution in [3.8, 4) is 0 Å². The number of benzene rings is 1. The summed E-state index contributed by atoms with van der Waals surface area (Å²) >= 11 is 3.34. The Morgan fingerprint density at radius 2 is 2.00 bits per heavy atom. The highest BCUT2D eigenvalue weighted by Gasteiger charge is 2.13. The highest BCUT2D eigenvalue weighted by molar-refractivity contribution is 9.10. The number of hydrogen-bond donors (Lipinski definition) is 3. The number of carbonyl (C=O) groups excluding carboxylic acids is 1. The van der Waals surface area contributed by atoms with E-state index in [4.69, 9.17) is 0 Å². The molecule has 1 aromatic heterocycles. The third-order valence-corrected chi connectivity index (χ3v) is 3.93. The SMILES string of the molecule is O=C(Nc1ccc(Br)cc1)c1cc(C2=CCNC=C2)c[nH]c1=O. The molecule has 0 fully saturated rings. The highest BCUT2D eigenvalue weighted by atomic mass is 79.9. The molecule has 0 saturated heterocycles. The van der Waals surface area contributed by atoms with Crippen LogP contribution in [0.1, 0.15) is 15.9 Å². The van der Waals surface area contributed by atoms with Crippen LogP contribution in [0.2, 0.25) is 0 Å². The average Bonchev–Trinajstić information content (AvgIpc) is 2.58. The summed E-state index contributed by atoms with van der Waals surface area (Å²) in [5.41, 5.74) is 2.05. The van der Waals surface area contributed by atoms with Crippen molar-refractivity contribution in [2.24, 2.45) is 0 Å². The lowest BCUT2D eigenvalue weighted by Gasteiger charge is -2.10. The van der Waals surface area contributed by atoms with Crippen LogP contribution < -0.4 is 16.2 Å². The number of rotatable bonds is 3. The Labute approximate surface area is 141 Å². The van der Waals surface area contributed by atoms with Crippen LogP contribution in [0.3, 0.4) is 0 Å². The number of hydrogen-bond acceptors (Lipinski definition) is 3. The van der Waals surface area contributed by atoms with Crippen molar-refractivity contribution >= 4 is 33.1 Å². The average molecular weight is 372 g/mol. The molecule has 1 aliphatic heterocycles. The van der Waals surface area contributed by atoms with Gasteiger partial charge < -0.3 is 15.6 Å². The van der Waals surface area contributed by atoms with Gasteiger partial charge in [0.15, 0.2) is 0 Å². The first-order valence-electron chi connectivity index (χ1n) is 7.03. The van der Waals surface area contributed by atoms with Crippen LogP contribution in [-0.2, 0) is 0 Å². The van der Waals surface area contributed by atoms with Crippen LogP contribution in [0, 0.1) is 0 Å². The Hall–Kier alpha value is -2.60. The van der Waals surface area contributed by atoms with Gasteiger partial charge in [-0.15, -0.1) is 0 Å². The molecule has 0 unspecified atom stereocenters. The van der Waals surface area contributed by atoms with Crippen molar-refractivity contribution in [3.05, 3.63) is 80.8 Å². The molecule has 1 amide bonds. The number of dihydropyridines is 1. The number of allylic oxidation sites excluding steroid dienone is 2. The van der Waals surface area contributed by atoms with Gasteiger partial charge in [-0.1, -0.05) is 22.0 Å². The molecule has 0 spiro atoms. The summed E-state index contributed by atoms with van der Waals surface area (Å²) in [7, 11) is 0. The van der Waals surface area contributed by atoms with E-state index in [0.717, 1.165) is 15.6 Å². The molecule has 0 atom stereocenters. The molecule has 6 heteroatoms. The van der Waals surface area contributed by atoms with Gasteiger partial charge >= 0.3 is 0 Å². The summed E-state index contributed by atoms with van der Waals surface area (Å²) < 4.78 is 0.917. The predicted octanol–water partition coefficient (Wildman–Crippen LogP) is 2.89. The van der Waals surface area contributed by atoms with Gasteiger partial charge in [0, 0.05) is 22.9 Å². The molecule has 3 rings (SSSR count). The molecule has 2 heterocycles. The van der Waals surface area contributed by atoms with Gasteiger partial charge in [0.1, 0.15) is 5.56 Å². The van der Waals surface area contributed by atoms with Crippen LogP contribution in [0.25, 0.3) is 5.57 Å². The summed E-state index contributed by atoms with van der Waals surface area (Å²) in [5, 5.41) is 5.79. The second-order valence-corrected chi connectivity index (χ2v) is 5.91. The lowest BCUT2D eigenvalue weighted by Crippen LogP contribution is -2.23. The molecular formula is C17H14BrN3O2. The first kappa shape index (κ1) is 15.3. The summed E-state index contributed by atoms with van der Waals surface area (Å²) in [4.78, 5) is 27.0. The minimum absolute atomic E-state index is 0.0817. The molecule has 0 radical (unpaired) electrons. The van der Waals surface area contributed by atoms with Gasteiger partial charge in [0.05, 0.1) is 0 Å². The minimum Gasteiger partial charge on any atom is -0.387 e. The van der Waals surface area contributed by atoms with Crippen molar-refractivity contribution in [2.75, 3.05) is 11.9 Å². The van der Waals surface area contributed by atoms with Gasteiger partial charge in [-0.25, -0.2) is 0 Å². The number of nitrogens with one attached hydrogen (secondary N) is 3. The number of halogens is 1. The number of pyridine rings is 1. The third kappa shape index (κ3) is 3.60.